The van der Waals surface area contributed by atoms with Crippen LogP contribution in [-0.2, 0) is 15.6 Å². The number of amides is 1. The van der Waals surface area contributed by atoms with Gasteiger partial charge in [0.25, 0.3) is 0 Å². The fraction of sp³-hybridized carbons (Fsp3) is 0.923. The molecule has 104 valence electrons. The van der Waals surface area contributed by atoms with Gasteiger partial charge in [0.1, 0.15) is 0 Å². The van der Waals surface area contributed by atoms with E-state index < -0.39 is 10.8 Å². The van der Waals surface area contributed by atoms with E-state index >= 15 is 0 Å². The monoisotopic (exact) mass is 272 g/mol. The molecule has 0 atom stereocenters. The van der Waals surface area contributed by atoms with Crippen molar-refractivity contribution in [1.82, 2.24) is 5.32 Å². The zero-order chi connectivity index (χ0) is 13.0. The fourth-order valence-electron chi connectivity index (χ4n) is 2.92. The molecule has 2 rings (SSSR count). The van der Waals surface area contributed by atoms with Gasteiger partial charge in [-0.3, -0.25) is 9.00 Å². The summed E-state index contributed by atoms with van der Waals surface area (Å²) < 4.78 is 11.3. The second-order valence-corrected chi connectivity index (χ2v) is 7.28. The molecule has 1 aliphatic heterocycles. The maximum absolute atomic E-state index is 12.1. The molecule has 0 bridgehead atoms. The molecule has 5 heteroatoms. The lowest BCUT2D eigenvalue weighted by Gasteiger charge is -2.29. The van der Waals surface area contributed by atoms with E-state index in [1.807, 2.05) is 0 Å². The van der Waals surface area contributed by atoms with Gasteiger partial charge in [0, 0.05) is 34.3 Å². The highest BCUT2D eigenvalue weighted by Crippen LogP contribution is 2.28. The number of carbonyl (C=O) groups is 1. The molecule has 2 fully saturated rings. The van der Waals surface area contributed by atoms with E-state index in [0.29, 0.717) is 5.92 Å². The van der Waals surface area contributed by atoms with Gasteiger partial charge in [0.05, 0.1) is 0 Å². The van der Waals surface area contributed by atoms with Crippen LogP contribution >= 0.6 is 0 Å². The van der Waals surface area contributed by atoms with Gasteiger partial charge in [0.2, 0.25) is 5.91 Å². The Balaban J connectivity index is 1.73. The Morgan fingerprint density at radius 3 is 2.28 bits per heavy atom. The van der Waals surface area contributed by atoms with Crippen LogP contribution in [0.5, 0.6) is 0 Å². The van der Waals surface area contributed by atoms with Crippen molar-refractivity contribution in [3.63, 3.8) is 0 Å². The van der Waals surface area contributed by atoms with Gasteiger partial charge in [-0.1, -0.05) is 0 Å². The topological polar surface area (TPSA) is 72.2 Å². The van der Waals surface area contributed by atoms with Gasteiger partial charge in [0.15, 0.2) is 0 Å². The van der Waals surface area contributed by atoms with Crippen molar-refractivity contribution in [3.05, 3.63) is 0 Å². The van der Waals surface area contributed by atoms with Crippen molar-refractivity contribution < 1.29 is 9.00 Å². The number of hydrogen-bond donors (Lipinski definition) is 2. The van der Waals surface area contributed by atoms with Gasteiger partial charge in [-0.2, -0.15) is 0 Å². The smallest absolute Gasteiger partial charge is 0.223 e. The number of carbonyl (C=O) groups excluding carboxylic acids is 1. The van der Waals surface area contributed by atoms with Crippen LogP contribution in [0.3, 0.4) is 0 Å². The third-order valence-electron chi connectivity index (χ3n) is 4.29. The van der Waals surface area contributed by atoms with E-state index in [2.05, 4.69) is 5.32 Å². The van der Waals surface area contributed by atoms with E-state index in [1.165, 1.54) is 0 Å². The molecular weight excluding hydrogens is 248 g/mol. The van der Waals surface area contributed by atoms with E-state index in [9.17, 15) is 9.00 Å². The predicted molar refractivity (Wildman–Crippen MR) is 73.5 cm³/mol. The lowest BCUT2D eigenvalue weighted by molar-refractivity contribution is -0.127. The summed E-state index contributed by atoms with van der Waals surface area (Å²) in [5.41, 5.74) is 5.66. The van der Waals surface area contributed by atoms with Crippen LogP contribution in [0, 0.1) is 11.8 Å². The Labute approximate surface area is 112 Å². The van der Waals surface area contributed by atoms with Crippen molar-refractivity contribution >= 4 is 16.7 Å². The van der Waals surface area contributed by atoms with Gasteiger partial charge >= 0.3 is 0 Å². The van der Waals surface area contributed by atoms with Crippen LogP contribution in [0.1, 0.15) is 38.5 Å². The molecular formula is C13H24N2O2S. The highest BCUT2D eigenvalue weighted by atomic mass is 32.2. The minimum atomic E-state index is -0.652. The lowest BCUT2D eigenvalue weighted by Crippen LogP contribution is -2.43. The first-order valence-corrected chi connectivity index (χ1v) is 8.53. The standard InChI is InChI=1S/C13H24N2O2S/c14-9-10-1-3-11(4-2-10)13(16)15-12-5-7-18(17)8-6-12/h10-12H,1-9,14H2,(H,15,16). The molecule has 1 heterocycles. The van der Waals surface area contributed by atoms with Crippen LogP contribution in [0.25, 0.3) is 0 Å². The lowest BCUT2D eigenvalue weighted by atomic mass is 9.81. The van der Waals surface area contributed by atoms with Crippen LogP contribution < -0.4 is 11.1 Å². The average molecular weight is 272 g/mol. The summed E-state index contributed by atoms with van der Waals surface area (Å²) >= 11 is 0. The van der Waals surface area contributed by atoms with Crippen LogP contribution in [0.4, 0.5) is 0 Å². The molecule has 0 aromatic carbocycles. The summed E-state index contributed by atoms with van der Waals surface area (Å²) in [7, 11) is -0.652. The van der Waals surface area contributed by atoms with Crippen LogP contribution in [-0.4, -0.2) is 34.2 Å². The number of hydrogen-bond acceptors (Lipinski definition) is 3. The first-order chi connectivity index (χ1) is 8.69. The van der Waals surface area contributed by atoms with Gasteiger partial charge < -0.3 is 11.1 Å². The molecule has 4 nitrogen and oxygen atoms in total. The molecule has 1 aliphatic carbocycles. The highest BCUT2D eigenvalue weighted by Gasteiger charge is 2.28. The van der Waals surface area contributed by atoms with Crippen molar-refractivity contribution in [3.8, 4) is 0 Å². The molecule has 0 aromatic heterocycles. The molecule has 0 radical (unpaired) electrons. The van der Waals surface area contributed by atoms with Crippen molar-refractivity contribution in [2.24, 2.45) is 17.6 Å². The number of nitrogens with two attached hydrogens (primary N) is 1. The van der Waals surface area contributed by atoms with Gasteiger partial charge in [-0.05, 0) is 51.0 Å². The zero-order valence-corrected chi connectivity index (χ0v) is 11.7. The van der Waals surface area contributed by atoms with Crippen LogP contribution in [0.2, 0.25) is 0 Å². The summed E-state index contributed by atoms with van der Waals surface area (Å²) in [6, 6.07) is 0.252. The van der Waals surface area contributed by atoms with Crippen molar-refractivity contribution in [2.75, 3.05) is 18.1 Å². The SMILES string of the molecule is NCC1CCC(C(=O)NC2CCS(=O)CC2)CC1. The molecule has 18 heavy (non-hydrogen) atoms. The third-order valence-corrected chi connectivity index (χ3v) is 5.67. The largest absolute Gasteiger partial charge is 0.353 e. The third kappa shape index (κ3) is 3.79. The van der Waals surface area contributed by atoms with E-state index in [0.717, 1.165) is 56.6 Å². The van der Waals surface area contributed by atoms with E-state index in [1.54, 1.807) is 0 Å². The molecule has 0 aromatic rings. The molecule has 0 spiro atoms. The van der Waals surface area contributed by atoms with Gasteiger partial charge in [-0.15, -0.1) is 0 Å². The molecule has 0 unspecified atom stereocenters. The number of rotatable bonds is 3. The second-order valence-electron chi connectivity index (χ2n) is 5.58. The number of nitrogens with one attached hydrogen (secondary N) is 1. The summed E-state index contributed by atoms with van der Waals surface area (Å²) in [4.78, 5) is 12.1. The van der Waals surface area contributed by atoms with Crippen LogP contribution in [0.15, 0.2) is 0 Å². The summed E-state index contributed by atoms with van der Waals surface area (Å²) in [6.07, 6.45) is 5.87. The Morgan fingerprint density at radius 1 is 1.11 bits per heavy atom. The molecule has 1 saturated heterocycles. The minimum Gasteiger partial charge on any atom is -0.353 e. The maximum Gasteiger partial charge on any atom is 0.223 e. The van der Waals surface area contributed by atoms with Gasteiger partial charge in [-0.25, -0.2) is 0 Å². The first kappa shape index (κ1) is 14.0. The fourth-order valence-corrected chi connectivity index (χ4v) is 4.22. The Bertz CT molecular complexity index is 304. The first-order valence-electron chi connectivity index (χ1n) is 7.04. The predicted octanol–water partition coefficient (Wildman–Crippen LogP) is 0.779. The normalized spacial score (nSPS) is 37.2. The highest BCUT2D eigenvalue weighted by molar-refractivity contribution is 7.85. The van der Waals surface area contributed by atoms with Crippen molar-refractivity contribution in [1.29, 1.82) is 0 Å². The Hall–Kier alpha value is -0.420. The molecule has 2 aliphatic rings. The zero-order valence-electron chi connectivity index (χ0n) is 10.9. The second kappa shape index (κ2) is 6.66. The minimum absolute atomic E-state index is 0.181. The molecule has 3 N–H and O–H groups in total. The summed E-state index contributed by atoms with van der Waals surface area (Å²) in [5.74, 6) is 2.49. The maximum atomic E-state index is 12.1. The average Bonchev–Trinajstić information content (AvgIpc) is 2.41. The summed E-state index contributed by atoms with van der Waals surface area (Å²) in [6.45, 7) is 0.753. The van der Waals surface area contributed by atoms with E-state index in [-0.39, 0.29) is 17.9 Å². The Kier molecular flexibility index (Phi) is 5.18. The molecule has 1 amide bonds. The molecule has 1 saturated carbocycles. The quantitative estimate of drug-likeness (QED) is 0.797. The summed E-state index contributed by atoms with van der Waals surface area (Å²) in [5, 5.41) is 3.14. The van der Waals surface area contributed by atoms with Crippen molar-refractivity contribution in [2.45, 2.75) is 44.6 Å². The van der Waals surface area contributed by atoms with E-state index in [4.69, 9.17) is 5.73 Å². The Morgan fingerprint density at radius 2 is 1.72 bits per heavy atom.